The summed E-state index contributed by atoms with van der Waals surface area (Å²) in [5.74, 6) is 0.560. The molecule has 0 spiro atoms. The molecule has 0 aromatic heterocycles. The summed E-state index contributed by atoms with van der Waals surface area (Å²) in [6, 6.07) is 36.7. The molecular formula is C45H56Cl2Zr-4. The third kappa shape index (κ3) is 13.9. The molecule has 48 heavy (non-hydrogen) atoms. The summed E-state index contributed by atoms with van der Waals surface area (Å²) in [5.41, 5.74) is 15.6. The van der Waals surface area contributed by atoms with E-state index in [1.807, 2.05) is 48.5 Å². The molecule has 2 aliphatic carbocycles. The van der Waals surface area contributed by atoms with Crippen LogP contribution in [0.25, 0.3) is 11.1 Å². The van der Waals surface area contributed by atoms with E-state index in [2.05, 4.69) is 142 Å². The van der Waals surface area contributed by atoms with E-state index in [0.29, 0.717) is 5.92 Å². The first kappa shape index (κ1) is 45.7. The number of benzene rings is 4. The van der Waals surface area contributed by atoms with E-state index in [1.54, 1.807) is 0 Å². The molecule has 0 aliphatic heterocycles. The summed E-state index contributed by atoms with van der Waals surface area (Å²) >= 11 is 1.30. The van der Waals surface area contributed by atoms with E-state index >= 15 is 0 Å². The number of hydrogen-bond donors (Lipinski definition) is 0. The Kier molecular flexibility index (Phi) is 20.0. The van der Waals surface area contributed by atoms with Crippen molar-refractivity contribution in [1.29, 1.82) is 0 Å². The maximum absolute atomic E-state index is 3.53. The van der Waals surface area contributed by atoms with Crippen LogP contribution in [0.2, 0.25) is 0 Å². The van der Waals surface area contributed by atoms with Crippen molar-refractivity contribution < 1.29 is 24.2 Å². The molecular weight excluding hydrogens is 703 g/mol. The minimum atomic E-state index is 0. The number of hydrogen-bond acceptors (Lipinski definition) is 0. The maximum atomic E-state index is 3.53. The second-order valence-electron chi connectivity index (χ2n) is 14.3. The number of aryl methyl sites for hydroxylation is 2. The average Bonchev–Trinajstić information content (AvgIpc) is 3.49. The first-order chi connectivity index (χ1) is 21.6. The van der Waals surface area contributed by atoms with Gasteiger partial charge in [-0.3, -0.25) is 6.08 Å². The predicted octanol–water partition coefficient (Wildman–Crippen LogP) is 12.8. The van der Waals surface area contributed by atoms with E-state index < -0.39 is 0 Å². The first-order valence-electron chi connectivity index (χ1n) is 16.3. The van der Waals surface area contributed by atoms with Crippen molar-refractivity contribution >= 4 is 29.0 Å². The van der Waals surface area contributed by atoms with Gasteiger partial charge in [-0.2, -0.15) is 112 Å². The predicted molar refractivity (Wildman–Crippen MR) is 213 cm³/mol. The molecule has 0 saturated heterocycles. The van der Waals surface area contributed by atoms with E-state index in [-0.39, 0.29) is 35.6 Å². The Morgan fingerprint density at radius 2 is 1.12 bits per heavy atom. The van der Waals surface area contributed by atoms with Gasteiger partial charge in [0.2, 0.25) is 0 Å². The van der Waals surface area contributed by atoms with Crippen LogP contribution in [0.15, 0.2) is 95.6 Å². The van der Waals surface area contributed by atoms with Gasteiger partial charge in [-0.25, -0.2) is 5.57 Å². The Morgan fingerprint density at radius 3 is 1.46 bits per heavy atom. The van der Waals surface area contributed by atoms with Crippen molar-refractivity contribution in [3.05, 3.63) is 153 Å². The molecule has 1 unspecified atom stereocenters. The van der Waals surface area contributed by atoms with Crippen LogP contribution in [-0.2, 0) is 41.5 Å². The molecule has 1 atom stereocenters. The van der Waals surface area contributed by atoms with Gasteiger partial charge in [-0.05, 0) is 17.4 Å². The summed E-state index contributed by atoms with van der Waals surface area (Å²) in [6.45, 7) is 26.4. The van der Waals surface area contributed by atoms with Crippen LogP contribution in [0.3, 0.4) is 0 Å². The molecule has 0 nitrogen and oxygen atoms in total. The topological polar surface area (TPSA) is 0 Å². The van der Waals surface area contributed by atoms with Crippen LogP contribution in [0.4, 0.5) is 0 Å². The summed E-state index contributed by atoms with van der Waals surface area (Å²) in [4.78, 5) is 0. The average molecular weight is 759 g/mol. The van der Waals surface area contributed by atoms with Gasteiger partial charge >= 0.3 is 28.4 Å². The fourth-order valence-electron chi connectivity index (χ4n) is 5.09. The number of rotatable bonds is 0. The molecule has 258 valence electrons. The molecule has 2 aliphatic rings. The second kappa shape index (κ2) is 21.0. The molecule has 4 aromatic carbocycles. The summed E-state index contributed by atoms with van der Waals surface area (Å²) in [5, 5.41) is 0. The zero-order valence-electron chi connectivity index (χ0n) is 31.3. The van der Waals surface area contributed by atoms with Gasteiger partial charge in [0.05, 0.1) is 0 Å². The van der Waals surface area contributed by atoms with E-state index in [9.17, 15) is 0 Å². The van der Waals surface area contributed by atoms with Crippen molar-refractivity contribution in [2.75, 3.05) is 0 Å². The zero-order chi connectivity index (χ0) is 34.7. The van der Waals surface area contributed by atoms with Crippen molar-refractivity contribution in [3.8, 4) is 11.1 Å². The SMILES string of the molecule is CC(C)(C)c1c[c-]c2c(c1)-c1cc(C(C)(C)C)ccc1C2.CC1=[C-]C(C)C(C)=C1C.Cc1cc[c-]cc1.Cc1cc[c-]cc1.Cl.Cl.[CH2]=[Zr]. The normalized spacial score (nSPS) is 13.8. The fourth-order valence-corrected chi connectivity index (χ4v) is 5.09. The Hall–Kier alpha value is -2.31. The van der Waals surface area contributed by atoms with Crippen molar-refractivity contribution in [3.63, 3.8) is 0 Å². The van der Waals surface area contributed by atoms with Crippen molar-refractivity contribution in [1.82, 2.24) is 0 Å². The minimum absolute atomic E-state index is 0. The quantitative estimate of drug-likeness (QED) is 0.138. The van der Waals surface area contributed by atoms with Crippen LogP contribution in [-0.4, -0.2) is 4.21 Å². The van der Waals surface area contributed by atoms with Gasteiger partial charge in [0.15, 0.2) is 0 Å². The number of allylic oxidation sites excluding steroid dienone is 4. The third-order valence-corrected chi connectivity index (χ3v) is 8.53. The zero-order valence-corrected chi connectivity index (χ0v) is 35.4. The fraction of sp³-hybridized carbons (Fsp3) is 0.356. The van der Waals surface area contributed by atoms with E-state index in [1.165, 1.54) is 85.5 Å². The van der Waals surface area contributed by atoms with Gasteiger partial charge < -0.3 is 0 Å². The standard InChI is InChI=1S/C21H25.C9H13.2C7H7.CH2.2ClH.Zr/c1-20(2,3)16-9-7-14-11-15-8-10-17(21(4,5)6)13-19(15)18(14)12-16;1-6-5-7(2)9(4)8(6)3;2*1-7-5-3-2-4-6-7;;;;/h7,9-10,12-13H,11H2,1-6H3;6H,1-4H3;2*3-6H,1H3;1H2;2*1H;/q4*-1;;;;. The van der Waals surface area contributed by atoms with Gasteiger partial charge in [0.1, 0.15) is 0 Å². The number of fused-ring (bicyclic) bond motifs is 3. The molecule has 0 heterocycles. The van der Waals surface area contributed by atoms with Crippen LogP contribution < -0.4 is 0 Å². The van der Waals surface area contributed by atoms with Crippen LogP contribution in [0.1, 0.15) is 103 Å². The molecule has 0 fully saturated rings. The molecule has 0 amide bonds. The van der Waals surface area contributed by atoms with Crippen molar-refractivity contribution in [2.24, 2.45) is 5.92 Å². The molecule has 4 aromatic rings. The number of halogens is 2. The van der Waals surface area contributed by atoms with Gasteiger partial charge in [0, 0.05) is 0 Å². The third-order valence-electron chi connectivity index (χ3n) is 8.53. The van der Waals surface area contributed by atoms with Crippen LogP contribution >= 0.6 is 24.8 Å². The van der Waals surface area contributed by atoms with Gasteiger partial charge in [0.25, 0.3) is 0 Å². The Balaban J connectivity index is 0.000000680. The van der Waals surface area contributed by atoms with Crippen LogP contribution in [0.5, 0.6) is 0 Å². The van der Waals surface area contributed by atoms with Crippen molar-refractivity contribution in [2.45, 2.75) is 100 Å². The Morgan fingerprint density at radius 1 is 0.667 bits per heavy atom. The second-order valence-corrected chi connectivity index (χ2v) is 14.3. The molecule has 0 N–H and O–H groups in total. The Bertz CT molecular complexity index is 1500. The van der Waals surface area contributed by atoms with Crippen LogP contribution in [0, 0.1) is 44.0 Å². The molecule has 0 saturated carbocycles. The first-order valence-corrected chi connectivity index (χ1v) is 18.0. The Labute approximate surface area is 321 Å². The molecule has 3 heteroatoms. The van der Waals surface area contributed by atoms with Gasteiger partial charge in [-0.15, -0.1) is 37.3 Å². The molecule has 6 rings (SSSR count). The molecule has 0 radical (unpaired) electrons. The molecule has 0 bridgehead atoms. The van der Waals surface area contributed by atoms with Gasteiger partial charge in [-0.1, -0.05) is 117 Å². The summed E-state index contributed by atoms with van der Waals surface area (Å²) in [6.07, 6.45) is 4.39. The summed E-state index contributed by atoms with van der Waals surface area (Å²) in [7, 11) is 0. The summed E-state index contributed by atoms with van der Waals surface area (Å²) < 4.78 is 3.34. The van der Waals surface area contributed by atoms with E-state index in [0.717, 1.165) is 6.42 Å². The monoisotopic (exact) mass is 756 g/mol. The van der Waals surface area contributed by atoms with E-state index in [4.69, 9.17) is 0 Å².